The molecule has 0 radical (unpaired) electrons. The Labute approximate surface area is 160 Å². The number of halogens is 2. The molecule has 0 saturated carbocycles. The number of aromatic nitrogens is 2. The number of benzene rings is 3. The molecule has 4 nitrogen and oxygen atoms in total. The van der Waals surface area contributed by atoms with Crippen molar-refractivity contribution in [2.45, 2.75) is 6.04 Å². The van der Waals surface area contributed by atoms with Gasteiger partial charge in [-0.15, -0.1) is 10.2 Å². The van der Waals surface area contributed by atoms with Crippen molar-refractivity contribution >= 4 is 17.3 Å². The van der Waals surface area contributed by atoms with Gasteiger partial charge in [0.05, 0.1) is 0 Å². The Morgan fingerprint density at radius 2 is 1.67 bits per heavy atom. The van der Waals surface area contributed by atoms with Crippen molar-refractivity contribution < 1.29 is 8.81 Å². The third-order valence-corrected chi connectivity index (χ3v) is 4.30. The van der Waals surface area contributed by atoms with Crippen LogP contribution in [0.25, 0.3) is 11.5 Å². The first kappa shape index (κ1) is 17.2. The van der Waals surface area contributed by atoms with E-state index in [9.17, 15) is 4.39 Å². The second-order valence-corrected chi connectivity index (χ2v) is 6.36. The third-order valence-electron chi connectivity index (χ3n) is 4.06. The summed E-state index contributed by atoms with van der Waals surface area (Å²) >= 11 is 6.07. The third kappa shape index (κ3) is 3.83. The molecule has 3 aromatic carbocycles. The summed E-state index contributed by atoms with van der Waals surface area (Å²) in [5.74, 6) is 0.273. The summed E-state index contributed by atoms with van der Waals surface area (Å²) in [7, 11) is 0. The summed E-state index contributed by atoms with van der Waals surface area (Å²) < 4.78 is 20.3. The highest BCUT2D eigenvalue weighted by Crippen LogP contribution is 2.30. The zero-order valence-electron chi connectivity index (χ0n) is 14.1. The number of hydrogen-bond acceptors (Lipinski definition) is 4. The standard InChI is InChI=1S/C21H15ClFN3O/c22-15-9-6-10-16(13-15)24-19(17-11-4-5-12-18(17)23)21-26-25-20(27-21)14-7-2-1-3-8-14/h1-13,19,24H. The van der Waals surface area contributed by atoms with Gasteiger partial charge in [0.1, 0.15) is 11.9 Å². The van der Waals surface area contributed by atoms with E-state index in [1.807, 2.05) is 42.5 Å². The molecule has 0 amide bonds. The van der Waals surface area contributed by atoms with Crippen LogP contribution in [0.3, 0.4) is 0 Å². The molecule has 1 aromatic heterocycles. The Morgan fingerprint density at radius 1 is 0.889 bits per heavy atom. The molecular formula is C21H15ClFN3O. The minimum Gasteiger partial charge on any atom is -0.418 e. The van der Waals surface area contributed by atoms with E-state index in [4.69, 9.17) is 16.0 Å². The van der Waals surface area contributed by atoms with Crippen molar-refractivity contribution in [1.82, 2.24) is 10.2 Å². The van der Waals surface area contributed by atoms with Crippen LogP contribution in [0.5, 0.6) is 0 Å². The van der Waals surface area contributed by atoms with Gasteiger partial charge in [0, 0.05) is 21.8 Å². The molecule has 0 aliphatic rings. The van der Waals surface area contributed by atoms with Crippen LogP contribution in [0, 0.1) is 5.82 Å². The largest absolute Gasteiger partial charge is 0.418 e. The van der Waals surface area contributed by atoms with E-state index in [0.29, 0.717) is 16.5 Å². The van der Waals surface area contributed by atoms with Crippen LogP contribution in [0.15, 0.2) is 83.3 Å². The lowest BCUT2D eigenvalue weighted by molar-refractivity contribution is 0.485. The first-order valence-electron chi connectivity index (χ1n) is 8.36. The highest BCUT2D eigenvalue weighted by atomic mass is 35.5. The molecule has 0 bridgehead atoms. The molecule has 1 heterocycles. The van der Waals surface area contributed by atoms with Crippen LogP contribution in [0.4, 0.5) is 10.1 Å². The van der Waals surface area contributed by atoms with Gasteiger partial charge in [-0.05, 0) is 36.4 Å². The van der Waals surface area contributed by atoms with E-state index >= 15 is 0 Å². The van der Waals surface area contributed by atoms with Crippen molar-refractivity contribution in [3.8, 4) is 11.5 Å². The molecule has 1 unspecified atom stereocenters. The van der Waals surface area contributed by atoms with Crippen molar-refractivity contribution in [2.24, 2.45) is 0 Å². The summed E-state index contributed by atoms with van der Waals surface area (Å²) in [6.45, 7) is 0. The fourth-order valence-electron chi connectivity index (χ4n) is 2.78. The van der Waals surface area contributed by atoms with Crippen molar-refractivity contribution in [3.63, 3.8) is 0 Å². The van der Waals surface area contributed by atoms with Gasteiger partial charge in [-0.3, -0.25) is 0 Å². The molecule has 134 valence electrons. The maximum Gasteiger partial charge on any atom is 0.247 e. The van der Waals surface area contributed by atoms with E-state index in [0.717, 1.165) is 11.3 Å². The van der Waals surface area contributed by atoms with Gasteiger partial charge in [-0.25, -0.2) is 4.39 Å². The Kier molecular flexibility index (Phi) is 4.85. The van der Waals surface area contributed by atoms with Gasteiger partial charge in [0.15, 0.2) is 0 Å². The van der Waals surface area contributed by atoms with E-state index in [1.165, 1.54) is 6.07 Å². The van der Waals surface area contributed by atoms with Crippen LogP contribution < -0.4 is 5.32 Å². The average Bonchev–Trinajstić information content (AvgIpc) is 3.18. The molecular weight excluding hydrogens is 365 g/mol. The Balaban J connectivity index is 1.74. The number of rotatable bonds is 5. The van der Waals surface area contributed by atoms with Crippen molar-refractivity contribution in [3.05, 3.63) is 101 Å². The molecule has 0 spiro atoms. The monoisotopic (exact) mass is 379 g/mol. The number of hydrogen-bond donors (Lipinski definition) is 1. The van der Waals surface area contributed by atoms with Gasteiger partial charge in [0.25, 0.3) is 0 Å². The normalized spacial score (nSPS) is 11.9. The molecule has 1 N–H and O–H groups in total. The fourth-order valence-corrected chi connectivity index (χ4v) is 2.97. The van der Waals surface area contributed by atoms with E-state index in [1.54, 1.807) is 30.3 Å². The van der Waals surface area contributed by atoms with E-state index < -0.39 is 6.04 Å². The first-order chi connectivity index (χ1) is 13.2. The Hall–Kier alpha value is -3.18. The lowest BCUT2D eigenvalue weighted by Gasteiger charge is -2.17. The highest BCUT2D eigenvalue weighted by molar-refractivity contribution is 6.30. The van der Waals surface area contributed by atoms with Crippen molar-refractivity contribution in [1.29, 1.82) is 0 Å². The number of anilines is 1. The van der Waals surface area contributed by atoms with E-state index in [2.05, 4.69) is 15.5 Å². The van der Waals surface area contributed by atoms with Crippen LogP contribution in [-0.2, 0) is 0 Å². The van der Waals surface area contributed by atoms with E-state index in [-0.39, 0.29) is 11.7 Å². The number of nitrogens with one attached hydrogen (secondary N) is 1. The molecule has 0 fully saturated rings. The van der Waals surface area contributed by atoms with Gasteiger partial charge in [-0.2, -0.15) is 0 Å². The van der Waals surface area contributed by atoms with Crippen LogP contribution in [0.2, 0.25) is 5.02 Å². The molecule has 0 aliphatic carbocycles. The van der Waals surface area contributed by atoms with Gasteiger partial charge in [0.2, 0.25) is 11.8 Å². The Morgan fingerprint density at radius 3 is 2.44 bits per heavy atom. The topological polar surface area (TPSA) is 51.0 Å². The highest BCUT2D eigenvalue weighted by Gasteiger charge is 2.24. The van der Waals surface area contributed by atoms with Crippen molar-refractivity contribution in [2.75, 3.05) is 5.32 Å². The fraction of sp³-hybridized carbons (Fsp3) is 0.0476. The second-order valence-electron chi connectivity index (χ2n) is 5.92. The lowest BCUT2D eigenvalue weighted by Crippen LogP contribution is -2.14. The smallest absolute Gasteiger partial charge is 0.247 e. The molecule has 6 heteroatoms. The summed E-state index contributed by atoms with van der Waals surface area (Å²) in [4.78, 5) is 0. The average molecular weight is 380 g/mol. The maximum absolute atomic E-state index is 14.5. The van der Waals surface area contributed by atoms with Crippen LogP contribution in [-0.4, -0.2) is 10.2 Å². The molecule has 4 rings (SSSR count). The summed E-state index contributed by atoms with van der Waals surface area (Å²) in [6, 6.07) is 22.4. The lowest BCUT2D eigenvalue weighted by atomic mass is 10.1. The maximum atomic E-state index is 14.5. The molecule has 0 aliphatic heterocycles. The minimum atomic E-state index is -0.658. The second kappa shape index (κ2) is 7.60. The zero-order chi connectivity index (χ0) is 18.6. The number of nitrogens with zero attached hydrogens (tertiary/aromatic N) is 2. The quantitative estimate of drug-likeness (QED) is 0.481. The van der Waals surface area contributed by atoms with Crippen LogP contribution >= 0.6 is 11.6 Å². The SMILES string of the molecule is Fc1ccccc1C(Nc1cccc(Cl)c1)c1nnc(-c2ccccc2)o1. The molecule has 1 atom stereocenters. The minimum absolute atomic E-state index is 0.263. The molecule has 4 aromatic rings. The summed E-state index contributed by atoms with van der Waals surface area (Å²) in [5, 5.41) is 12.1. The summed E-state index contributed by atoms with van der Waals surface area (Å²) in [6.07, 6.45) is 0. The molecule has 27 heavy (non-hydrogen) atoms. The van der Waals surface area contributed by atoms with Gasteiger partial charge in [-0.1, -0.05) is 54.1 Å². The molecule has 0 saturated heterocycles. The Bertz CT molecular complexity index is 1050. The van der Waals surface area contributed by atoms with Gasteiger partial charge < -0.3 is 9.73 Å². The zero-order valence-corrected chi connectivity index (χ0v) is 14.9. The van der Waals surface area contributed by atoms with Crippen LogP contribution in [0.1, 0.15) is 17.5 Å². The predicted molar refractivity (Wildman–Crippen MR) is 103 cm³/mol. The predicted octanol–water partition coefficient (Wildman–Crippen LogP) is 5.73. The van der Waals surface area contributed by atoms with Gasteiger partial charge >= 0.3 is 0 Å². The first-order valence-corrected chi connectivity index (χ1v) is 8.74. The summed E-state index contributed by atoms with van der Waals surface area (Å²) in [5.41, 5.74) is 1.92.